The molecule has 51 heavy (non-hydrogen) atoms. The highest BCUT2D eigenvalue weighted by molar-refractivity contribution is 5.97. The Hall–Kier alpha value is -2.95. The number of carbonyl (C=O) groups excluding carboxylic acids is 4. The number of aliphatic carboxylic acids is 1. The van der Waals surface area contributed by atoms with E-state index in [4.69, 9.17) is 0 Å². The van der Waals surface area contributed by atoms with Gasteiger partial charge in [0.05, 0.1) is 5.92 Å². The van der Waals surface area contributed by atoms with Crippen molar-refractivity contribution in [1.82, 2.24) is 25.8 Å². The monoisotopic (exact) mass is 709 g/mol. The summed E-state index contributed by atoms with van der Waals surface area (Å²) in [7, 11) is 0. The van der Waals surface area contributed by atoms with Crippen molar-refractivity contribution in [3.63, 3.8) is 0 Å². The van der Waals surface area contributed by atoms with Gasteiger partial charge >= 0.3 is 5.97 Å². The highest BCUT2D eigenvalue weighted by atomic mass is 16.4. The van der Waals surface area contributed by atoms with Crippen LogP contribution in [0.15, 0.2) is 12.7 Å². The van der Waals surface area contributed by atoms with Gasteiger partial charge in [-0.15, -0.1) is 6.58 Å². The summed E-state index contributed by atoms with van der Waals surface area (Å²) >= 11 is 0. The molecule has 4 N–H and O–H groups in total. The van der Waals surface area contributed by atoms with E-state index in [2.05, 4.69) is 48.2 Å². The van der Waals surface area contributed by atoms with Crippen molar-refractivity contribution in [2.24, 2.45) is 39.4 Å². The van der Waals surface area contributed by atoms with Gasteiger partial charge in [-0.3, -0.25) is 19.2 Å². The summed E-state index contributed by atoms with van der Waals surface area (Å²) in [6.07, 6.45) is 12.0. The summed E-state index contributed by atoms with van der Waals surface area (Å²) in [5, 5.41) is 19.3. The predicted molar refractivity (Wildman–Crippen MR) is 194 cm³/mol. The number of carbonyl (C=O) groups is 5. The van der Waals surface area contributed by atoms with E-state index < -0.39 is 41.0 Å². The second-order valence-corrected chi connectivity index (χ2v) is 18.6. The number of carboxylic acid groups (broad SMARTS) is 1. The lowest BCUT2D eigenvalue weighted by molar-refractivity contribution is -0.147. The van der Waals surface area contributed by atoms with Crippen molar-refractivity contribution in [3.05, 3.63) is 12.7 Å². The van der Waals surface area contributed by atoms with Crippen LogP contribution in [-0.4, -0.2) is 94.3 Å². The molecule has 2 aliphatic heterocycles. The van der Waals surface area contributed by atoms with E-state index in [1.807, 2.05) is 20.8 Å². The van der Waals surface area contributed by atoms with E-state index in [1.54, 1.807) is 11.0 Å². The van der Waals surface area contributed by atoms with Crippen LogP contribution in [-0.2, 0) is 24.0 Å². The van der Waals surface area contributed by atoms with E-state index in [0.29, 0.717) is 19.5 Å². The van der Waals surface area contributed by atoms with Crippen molar-refractivity contribution >= 4 is 29.6 Å². The maximum atomic E-state index is 15.0. The molecule has 2 heterocycles. The first kappa shape index (κ1) is 37.8. The molecule has 0 bridgehead atoms. The molecule has 4 amide bonds. The second kappa shape index (κ2) is 13.5. The summed E-state index contributed by atoms with van der Waals surface area (Å²) in [5.41, 5.74) is -2.42. The number of nitrogens with zero attached hydrogens (tertiary/aromatic N) is 2. The van der Waals surface area contributed by atoms with E-state index in [0.717, 1.165) is 77.3 Å². The maximum Gasteiger partial charge on any atom is 0.330 e. The van der Waals surface area contributed by atoms with Crippen LogP contribution >= 0.6 is 0 Å². The number of fused-ring (bicyclic) bond motifs is 1. The number of hydrogen-bond acceptors (Lipinski definition) is 6. The largest absolute Gasteiger partial charge is 0.479 e. The highest BCUT2D eigenvalue weighted by Crippen LogP contribution is 2.88. The van der Waals surface area contributed by atoms with Crippen molar-refractivity contribution in [3.8, 4) is 0 Å². The Morgan fingerprint density at radius 1 is 0.922 bits per heavy atom. The Morgan fingerprint density at radius 3 is 2.14 bits per heavy atom. The van der Waals surface area contributed by atoms with Gasteiger partial charge < -0.3 is 30.9 Å². The minimum Gasteiger partial charge on any atom is -0.479 e. The van der Waals surface area contributed by atoms with Crippen LogP contribution in [0.5, 0.6) is 0 Å². The Morgan fingerprint density at radius 2 is 1.61 bits per heavy atom. The summed E-state index contributed by atoms with van der Waals surface area (Å²) in [6.45, 7) is 19.0. The molecule has 2 spiro atoms. The first-order valence-electron chi connectivity index (χ1n) is 19.8. The number of hydrogen-bond donors (Lipinski definition) is 4. The van der Waals surface area contributed by atoms with Gasteiger partial charge in [0, 0.05) is 24.4 Å². The Labute approximate surface area is 304 Å². The summed E-state index contributed by atoms with van der Waals surface area (Å²) in [4.78, 5) is 73.7. The number of nitrogens with one attached hydrogen (secondary N) is 3. The fourth-order valence-corrected chi connectivity index (χ4v) is 11.1. The lowest BCUT2D eigenvalue weighted by atomic mass is 9.73. The van der Waals surface area contributed by atoms with Crippen molar-refractivity contribution < 1.29 is 29.1 Å². The molecule has 11 nitrogen and oxygen atoms in total. The molecule has 6 fully saturated rings. The minimum atomic E-state index is -1.41. The van der Waals surface area contributed by atoms with Gasteiger partial charge in [-0.05, 0) is 86.6 Å². The molecule has 6 rings (SSSR count). The number of likely N-dealkylation sites (tertiary alicyclic amines) is 2. The van der Waals surface area contributed by atoms with Gasteiger partial charge in [-0.25, -0.2) is 4.79 Å². The van der Waals surface area contributed by atoms with Gasteiger partial charge in [0.2, 0.25) is 23.6 Å². The molecule has 0 aromatic heterocycles. The maximum absolute atomic E-state index is 15.0. The molecule has 2 saturated heterocycles. The van der Waals surface area contributed by atoms with E-state index in [9.17, 15) is 29.1 Å². The van der Waals surface area contributed by atoms with Crippen LogP contribution in [0.25, 0.3) is 0 Å². The first-order valence-corrected chi connectivity index (χ1v) is 19.8. The van der Waals surface area contributed by atoms with Crippen molar-refractivity contribution in [1.29, 1.82) is 0 Å². The SMILES string of the molecule is C=C[C@@H]1C[C@]1(NC(=O)[C@@H]1C[C@@]2(CN1C(=O)[C@@H](NC(=O)[C@@H](NC(=O)[C@@H]1CCCN(CC)C1)C1CCCCC1)C(C)(C)C)C(C)(C)C21CCC1)C(=O)O. The third-order valence-electron chi connectivity index (χ3n) is 14.8. The fourth-order valence-electron chi connectivity index (χ4n) is 11.1. The molecule has 0 radical (unpaired) electrons. The fraction of sp³-hybridized carbons (Fsp3) is 0.825. The highest BCUT2D eigenvalue weighted by Gasteiger charge is 2.85. The zero-order valence-electron chi connectivity index (χ0n) is 31.9. The quantitative estimate of drug-likeness (QED) is 0.235. The lowest BCUT2D eigenvalue weighted by Gasteiger charge is -2.38. The average molecular weight is 710 g/mol. The average Bonchev–Trinajstić information content (AvgIpc) is 3.80. The molecule has 4 aliphatic carbocycles. The van der Waals surface area contributed by atoms with Crippen LogP contribution in [0.3, 0.4) is 0 Å². The van der Waals surface area contributed by atoms with Crippen molar-refractivity contribution in [2.45, 2.75) is 142 Å². The van der Waals surface area contributed by atoms with E-state index in [1.165, 1.54) is 0 Å². The molecule has 284 valence electrons. The van der Waals surface area contributed by atoms with E-state index in [-0.39, 0.29) is 58.1 Å². The molecule has 4 saturated carbocycles. The number of rotatable bonds is 11. The van der Waals surface area contributed by atoms with Gasteiger partial charge in [-0.2, -0.15) is 0 Å². The van der Waals surface area contributed by atoms with Gasteiger partial charge in [0.15, 0.2) is 0 Å². The van der Waals surface area contributed by atoms with Crippen molar-refractivity contribution in [2.75, 3.05) is 26.2 Å². The zero-order valence-corrected chi connectivity index (χ0v) is 31.9. The molecule has 11 heteroatoms. The molecular weight excluding hydrogens is 646 g/mol. The molecule has 7 atom stereocenters. The number of carboxylic acids is 1. The Balaban J connectivity index is 1.26. The molecule has 0 unspecified atom stereocenters. The van der Waals surface area contributed by atoms with Gasteiger partial charge in [-0.1, -0.05) is 73.3 Å². The summed E-state index contributed by atoms with van der Waals surface area (Å²) in [5.74, 6) is -2.90. The van der Waals surface area contributed by atoms with Crippen LogP contribution in [0.2, 0.25) is 0 Å². The Bertz CT molecular complexity index is 1430. The topological polar surface area (TPSA) is 148 Å². The lowest BCUT2D eigenvalue weighted by Crippen LogP contribution is -2.62. The third kappa shape index (κ3) is 6.21. The van der Waals surface area contributed by atoms with Crippen LogP contribution < -0.4 is 16.0 Å². The van der Waals surface area contributed by atoms with Gasteiger partial charge in [0.25, 0.3) is 0 Å². The predicted octanol–water partition coefficient (Wildman–Crippen LogP) is 4.26. The smallest absolute Gasteiger partial charge is 0.330 e. The standard InChI is InChI=1S/C40H63N5O6/c1-8-27-21-40(27,35(50)51)43-32(47)28-22-39(37(6,7)38(39)18-14-19-38)24-45(28)34(49)30(36(3,4)5)42-33(48)29(25-15-11-10-12-16-25)41-31(46)26-17-13-20-44(9-2)23-26/h8,25-30H,1,9-24H2,2-7H3,(H,41,46)(H,42,48)(H,43,47)(H,50,51)/t26-,27-,28+,29+,30-,39-,40-/m1/s1. The summed E-state index contributed by atoms with van der Waals surface area (Å²) < 4.78 is 0. The van der Waals surface area contributed by atoms with Crippen LogP contribution in [0, 0.1) is 39.4 Å². The minimum absolute atomic E-state index is 0.0211. The molecule has 0 aromatic carbocycles. The molecule has 0 aromatic rings. The van der Waals surface area contributed by atoms with E-state index >= 15 is 0 Å². The van der Waals surface area contributed by atoms with Crippen LogP contribution in [0.1, 0.15) is 119 Å². The second-order valence-electron chi connectivity index (χ2n) is 18.6. The number of piperidine rings is 1. The summed E-state index contributed by atoms with van der Waals surface area (Å²) in [6, 6.07) is -2.57. The first-order chi connectivity index (χ1) is 24.0. The van der Waals surface area contributed by atoms with Gasteiger partial charge in [0.1, 0.15) is 23.7 Å². The molecular formula is C40H63N5O6. The zero-order chi connectivity index (χ0) is 37.1. The van der Waals surface area contributed by atoms with Crippen LogP contribution in [0.4, 0.5) is 0 Å². The normalized spacial score (nSPS) is 33.8. The Kier molecular flexibility index (Phi) is 9.99. The third-order valence-corrected chi connectivity index (χ3v) is 14.8. The number of amides is 4. The molecule has 6 aliphatic rings.